The van der Waals surface area contributed by atoms with Gasteiger partial charge in [-0.05, 0) is 33.1 Å². The van der Waals surface area contributed by atoms with Crippen LogP contribution >= 0.6 is 0 Å². The molecule has 2 atom stereocenters. The van der Waals surface area contributed by atoms with Gasteiger partial charge in [-0.25, -0.2) is 4.79 Å². The van der Waals surface area contributed by atoms with Gasteiger partial charge in [0.1, 0.15) is 6.10 Å². The first-order chi connectivity index (χ1) is 13.9. The molecule has 4 nitrogen and oxygen atoms in total. The van der Waals surface area contributed by atoms with E-state index in [0.717, 1.165) is 0 Å². The highest BCUT2D eigenvalue weighted by molar-refractivity contribution is 5.57. The van der Waals surface area contributed by atoms with Crippen molar-refractivity contribution in [2.24, 2.45) is 0 Å². The Hall–Kier alpha value is -2.33. The van der Waals surface area contributed by atoms with Crippen LogP contribution in [0.5, 0.6) is 0 Å². The van der Waals surface area contributed by atoms with Crippen LogP contribution in [0.2, 0.25) is 0 Å². The molecule has 4 heteroatoms. The summed E-state index contributed by atoms with van der Waals surface area (Å²) in [6, 6.07) is 17.9. The molecule has 0 bridgehead atoms. The summed E-state index contributed by atoms with van der Waals surface area (Å²) in [5.74, 6) is 0.135. The summed E-state index contributed by atoms with van der Waals surface area (Å²) in [5, 5.41) is 12.5. The van der Waals surface area contributed by atoms with Crippen LogP contribution in [0.15, 0.2) is 48.5 Å². The lowest BCUT2D eigenvalue weighted by atomic mass is 9.80. The van der Waals surface area contributed by atoms with Gasteiger partial charge < -0.3 is 15.2 Å². The lowest BCUT2D eigenvalue weighted by Gasteiger charge is -2.27. The van der Waals surface area contributed by atoms with Crippen molar-refractivity contribution < 1.29 is 14.6 Å². The van der Waals surface area contributed by atoms with Crippen LogP contribution in [0, 0.1) is 0 Å². The summed E-state index contributed by atoms with van der Waals surface area (Å²) in [6.45, 7) is 13.9. The number of nitrogens with one attached hydrogen (secondary N) is 1. The summed E-state index contributed by atoms with van der Waals surface area (Å²) in [5.41, 5.74) is 5.29. The van der Waals surface area contributed by atoms with E-state index in [9.17, 15) is 4.79 Å². The Labute approximate surface area is 180 Å². The van der Waals surface area contributed by atoms with E-state index in [4.69, 9.17) is 9.84 Å². The van der Waals surface area contributed by atoms with E-state index in [1.165, 1.54) is 22.3 Å². The zero-order valence-corrected chi connectivity index (χ0v) is 19.0. The van der Waals surface area contributed by atoms with Gasteiger partial charge in [-0.15, -0.1) is 0 Å². The second-order valence-corrected chi connectivity index (χ2v) is 10.5. The Morgan fingerprint density at radius 3 is 1.70 bits per heavy atom. The van der Waals surface area contributed by atoms with Crippen molar-refractivity contribution in [3.63, 3.8) is 0 Å². The maximum atomic E-state index is 11.0. The third-order valence-electron chi connectivity index (χ3n) is 6.07. The first kappa shape index (κ1) is 22.4. The van der Waals surface area contributed by atoms with Crippen LogP contribution in [0.1, 0.15) is 76.1 Å². The fourth-order valence-electron chi connectivity index (χ4n) is 4.26. The number of carboxylic acid groups (broad SMARTS) is 1. The number of rotatable bonds is 4. The third-order valence-corrected chi connectivity index (χ3v) is 6.07. The van der Waals surface area contributed by atoms with Crippen molar-refractivity contribution >= 4 is 6.16 Å². The minimum atomic E-state index is -1.21. The van der Waals surface area contributed by atoms with Gasteiger partial charge in [-0.2, -0.15) is 0 Å². The Morgan fingerprint density at radius 2 is 1.33 bits per heavy atom. The van der Waals surface area contributed by atoms with E-state index in [1.807, 2.05) is 0 Å². The SMILES string of the molecule is CC(C)(C)c1ccc(C(c2ccc(C(C)(C)C)cc2)C2C[C@@H](OC(=O)O)CN2)cc1. The average molecular weight is 410 g/mol. The van der Waals surface area contributed by atoms with Crippen LogP contribution in [-0.4, -0.2) is 30.0 Å². The molecule has 2 aromatic rings. The van der Waals surface area contributed by atoms with Gasteiger partial charge in [0.05, 0.1) is 0 Å². The van der Waals surface area contributed by atoms with Crippen LogP contribution in [0.3, 0.4) is 0 Å². The van der Waals surface area contributed by atoms with Crippen LogP contribution < -0.4 is 5.32 Å². The van der Waals surface area contributed by atoms with Gasteiger partial charge in [-0.1, -0.05) is 90.1 Å². The average Bonchev–Trinajstić information content (AvgIpc) is 3.08. The van der Waals surface area contributed by atoms with Gasteiger partial charge in [-0.3, -0.25) is 0 Å². The van der Waals surface area contributed by atoms with E-state index >= 15 is 0 Å². The molecule has 1 aliphatic heterocycles. The number of benzene rings is 2. The van der Waals surface area contributed by atoms with E-state index in [1.54, 1.807) is 0 Å². The van der Waals surface area contributed by atoms with Crippen molar-refractivity contribution in [2.45, 2.75) is 76.9 Å². The Kier molecular flexibility index (Phi) is 6.28. The van der Waals surface area contributed by atoms with E-state index in [2.05, 4.69) is 95.4 Å². The molecule has 30 heavy (non-hydrogen) atoms. The molecule has 1 fully saturated rings. The van der Waals surface area contributed by atoms with Crippen molar-refractivity contribution in [3.8, 4) is 0 Å². The Balaban J connectivity index is 1.94. The molecule has 0 saturated carbocycles. The molecule has 1 saturated heterocycles. The van der Waals surface area contributed by atoms with Crippen molar-refractivity contribution in [3.05, 3.63) is 70.8 Å². The monoisotopic (exact) mass is 409 g/mol. The molecule has 2 N–H and O–H groups in total. The molecule has 162 valence electrons. The van der Waals surface area contributed by atoms with E-state index in [-0.39, 0.29) is 28.9 Å². The molecule has 0 spiro atoms. The maximum absolute atomic E-state index is 11.0. The maximum Gasteiger partial charge on any atom is 0.506 e. The molecule has 0 aliphatic carbocycles. The predicted molar refractivity (Wildman–Crippen MR) is 121 cm³/mol. The summed E-state index contributed by atoms with van der Waals surface area (Å²) in [4.78, 5) is 11.0. The van der Waals surface area contributed by atoms with Gasteiger partial charge in [0, 0.05) is 24.9 Å². The quantitative estimate of drug-likeness (QED) is 0.623. The van der Waals surface area contributed by atoms with Crippen LogP contribution in [0.25, 0.3) is 0 Å². The van der Waals surface area contributed by atoms with Gasteiger partial charge in [0.15, 0.2) is 0 Å². The highest BCUT2D eigenvalue weighted by Crippen LogP contribution is 2.35. The molecular formula is C26H35NO3. The second-order valence-electron chi connectivity index (χ2n) is 10.5. The second kappa shape index (κ2) is 8.43. The smallest absolute Gasteiger partial charge is 0.450 e. The number of ether oxygens (including phenoxy) is 1. The lowest BCUT2D eigenvalue weighted by molar-refractivity contribution is 0.0585. The molecule has 1 aliphatic rings. The number of hydrogen-bond donors (Lipinski definition) is 2. The molecule has 2 aromatic carbocycles. The molecule has 1 unspecified atom stereocenters. The standard InChI is InChI=1S/C26H35NO3/c1-25(2,3)19-11-7-17(8-12-19)23(22-15-21(16-27-22)30-24(28)29)18-9-13-20(14-10-18)26(4,5)6/h7-14,21-23,27H,15-16H2,1-6H3,(H,28,29)/t21-,22?/m1/s1. The topological polar surface area (TPSA) is 58.6 Å². The summed E-state index contributed by atoms with van der Waals surface area (Å²) in [6.07, 6.45) is -0.848. The van der Waals surface area contributed by atoms with Crippen molar-refractivity contribution in [1.29, 1.82) is 0 Å². The van der Waals surface area contributed by atoms with Gasteiger partial charge in [0.25, 0.3) is 0 Å². The summed E-state index contributed by atoms with van der Waals surface area (Å²) < 4.78 is 5.05. The number of carbonyl (C=O) groups is 1. The fraction of sp³-hybridized carbons (Fsp3) is 0.500. The van der Waals surface area contributed by atoms with Crippen molar-refractivity contribution in [2.75, 3.05) is 6.54 Å². The summed E-state index contributed by atoms with van der Waals surface area (Å²) in [7, 11) is 0. The van der Waals surface area contributed by atoms with Gasteiger partial charge in [0.2, 0.25) is 0 Å². The normalized spacial score (nSPS) is 19.8. The van der Waals surface area contributed by atoms with Crippen LogP contribution in [0.4, 0.5) is 4.79 Å². The predicted octanol–water partition coefficient (Wildman–Crippen LogP) is 5.84. The third kappa shape index (κ3) is 5.23. The first-order valence-corrected chi connectivity index (χ1v) is 10.8. The molecule has 0 amide bonds. The summed E-state index contributed by atoms with van der Waals surface area (Å²) >= 11 is 0. The first-order valence-electron chi connectivity index (χ1n) is 10.8. The number of hydrogen-bond acceptors (Lipinski definition) is 3. The van der Waals surface area contributed by atoms with Crippen LogP contribution in [-0.2, 0) is 15.6 Å². The zero-order chi connectivity index (χ0) is 22.1. The van der Waals surface area contributed by atoms with Crippen molar-refractivity contribution in [1.82, 2.24) is 5.32 Å². The Morgan fingerprint density at radius 1 is 0.900 bits per heavy atom. The largest absolute Gasteiger partial charge is 0.506 e. The van der Waals surface area contributed by atoms with E-state index in [0.29, 0.717) is 13.0 Å². The molecule has 3 rings (SSSR count). The Bertz CT molecular complexity index is 800. The minimum Gasteiger partial charge on any atom is -0.450 e. The highest BCUT2D eigenvalue weighted by atomic mass is 16.7. The van der Waals surface area contributed by atoms with Gasteiger partial charge >= 0.3 is 6.16 Å². The fourth-order valence-corrected chi connectivity index (χ4v) is 4.26. The lowest BCUT2D eigenvalue weighted by Crippen LogP contribution is -2.30. The molecular weight excluding hydrogens is 374 g/mol. The van der Waals surface area contributed by atoms with E-state index < -0.39 is 6.16 Å². The zero-order valence-electron chi connectivity index (χ0n) is 19.0. The minimum absolute atomic E-state index is 0.106. The molecule has 0 aromatic heterocycles. The molecule has 0 radical (unpaired) electrons. The molecule has 1 heterocycles. The highest BCUT2D eigenvalue weighted by Gasteiger charge is 2.34.